The Kier molecular flexibility index (Phi) is 2.98. The number of carboxylic acids is 1. The summed E-state index contributed by atoms with van der Waals surface area (Å²) in [4.78, 5) is 21.5. The highest BCUT2D eigenvalue weighted by Crippen LogP contribution is 2.26. The normalized spacial score (nSPS) is 9.86. The minimum atomic E-state index is -1.38. The van der Waals surface area contributed by atoms with Gasteiger partial charge in [-0.05, 0) is 12.1 Å². The van der Waals surface area contributed by atoms with Gasteiger partial charge in [-0.15, -0.1) is 0 Å². The van der Waals surface area contributed by atoms with Gasteiger partial charge in [0, 0.05) is 0 Å². The van der Waals surface area contributed by atoms with Gasteiger partial charge in [-0.2, -0.15) is 0 Å². The first kappa shape index (κ1) is 10.8. The number of aromatic carboxylic acids is 1. The van der Waals surface area contributed by atoms with Crippen LogP contribution in [-0.4, -0.2) is 17.0 Å². The van der Waals surface area contributed by atoms with Gasteiger partial charge in [0.2, 0.25) is 0 Å². The summed E-state index contributed by atoms with van der Waals surface area (Å²) in [6.07, 6.45) is 0. The van der Waals surface area contributed by atoms with Crippen LogP contribution >= 0.6 is 23.2 Å². The van der Waals surface area contributed by atoms with Gasteiger partial charge < -0.3 is 5.11 Å². The molecule has 1 radical (unpaired) electrons. The number of halogens is 2. The number of carboxylic acid groups (broad SMARTS) is 1. The van der Waals surface area contributed by atoms with Crippen LogP contribution in [0.15, 0.2) is 12.1 Å². The summed E-state index contributed by atoms with van der Waals surface area (Å²) in [6.45, 7) is 0. The van der Waals surface area contributed by atoms with E-state index in [1.54, 1.807) is 0 Å². The second-order valence-corrected chi connectivity index (χ2v) is 3.23. The Labute approximate surface area is 89.2 Å². The van der Waals surface area contributed by atoms with E-state index >= 15 is 0 Å². The average Bonchev–Trinajstić information content (AvgIpc) is 2.07. The lowest BCUT2D eigenvalue weighted by Gasteiger charge is -2.05. The molecule has 0 aliphatic carbocycles. The van der Waals surface area contributed by atoms with Gasteiger partial charge in [0.1, 0.15) is 0 Å². The summed E-state index contributed by atoms with van der Waals surface area (Å²) in [5.41, 5.74) is 6.03. The molecule has 0 heterocycles. The van der Waals surface area contributed by atoms with Crippen molar-refractivity contribution in [2.75, 3.05) is 0 Å². The molecule has 0 spiro atoms. The Morgan fingerprint density at radius 2 is 1.57 bits per heavy atom. The number of hydrogen-bond donors (Lipinski definition) is 1. The Hall–Kier alpha value is -1.26. The maximum absolute atomic E-state index is 10.8. The standard InChI is InChI=1S/C8H4Cl2NO3/c9-3-1-2-4(10)6(8(13)14)5(3)7(11)12/h1-2,11H,(H,13,14). The van der Waals surface area contributed by atoms with Gasteiger partial charge >= 0.3 is 5.97 Å². The zero-order valence-corrected chi connectivity index (χ0v) is 8.19. The molecule has 0 saturated carbocycles. The molecule has 4 nitrogen and oxygen atoms in total. The molecule has 0 aliphatic heterocycles. The molecule has 0 aliphatic rings. The maximum Gasteiger partial charge on any atom is 0.338 e. The fraction of sp³-hybridized carbons (Fsp3) is 0. The molecule has 1 rings (SSSR count). The summed E-state index contributed by atoms with van der Waals surface area (Å²) >= 11 is 11.1. The van der Waals surface area contributed by atoms with Gasteiger partial charge in [0.05, 0.1) is 21.2 Å². The minimum absolute atomic E-state index is 0.0909. The van der Waals surface area contributed by atoms with Gasteiger partial charge in [-0.3, -0.25) is 10.5 Å². The molecule has 0 saturated heterocycles. The van der Waals surface area contributed by atoms with Crippen molar-refractivity contribution in [2.45, 2.75) is 0 Å². The first-order chi connectivity index (χ1) is 6.45. The zero-order chi connectivity index (χ0) is 10.9. The molecule has 6 heteroatoms. The Morgan fingerprint density at radius 3 is 1.86 bits per heavy atom. The van der Waals surface area contributed by atoms with Crippen LogP contribution in [0, 0.1) is 0 Å². The van der Waals surface area contributed by atoms with Crippen LogP contribution in [0.5, 0.6) is 0 Å². The lowest BCUT2D eigenvalue weighted by Crippen LogP contribution is -2.10. The Morgan fingerprint density at radius 1 is 1.14 bits per heavy atom. The molecule has 0 aromatic heterocycles. The van der Waals surface area contributed by atoms with Gasteiger partial charge in [0.25, 0.3) is 5.91 Å². The van der Waals surface area contributed by atoms with Gasteiger partial charge in [0.15, 0.2) is 0 Å². The summed E-state index contributed by atoms with van der Waals surface area (Å²) in [5.74, 6) is -2.55. The molecule has 73 valence electrons. The molecule has 0 fully saturated rings. The zero-order valence-electron chi connectivity index (χ0n) is 6.67. The smallest absolute Gasteiger partial charge is 0.338 e. The van der Waals surface area contributed by atoms with Crippen molar-refractivity contribution < 1.29 is 14.7 Å². The van der Waals surface area contributed by atoms with Crippen molar-refractivity contribution in [1.82, 2.24) is 5.73 Å². The molecule has 0 bridgehead atoms. The number of benzene rings is 1. The molecular formula is C8H4Cl2NO3. The second-order valence-electron chi connectivity index (χ2n) is 2.41. The van der Waals surface area contributed by atoms with E-state index in [1.807, 2.05) is 0 Å². The Bertz CT molecular complexity index is 378. The van der Waals surface area contributed by atoms with Crippen molar-refractivity contribution >= 4 is 35.1 Å². The summed E-state index contributed by atoms with van der Waals surface area (Å²) in [5, 5.41) is 8.54. The van der Waals surface area contributed by atoms with Crippen LogP contribution in [0.25, 0.3) is 0 Å². The molecule has 1 amide bonds. The molecular weight excluding hydrogens is 229 g/mol. The van der Waals surface area contributed by atoms with Crippen molar-refractivity contribution in [3.05, 3.63) is 33.3 Å². The quantitative estimate of drug-likeness (QED) is 0.849. The van der Waals surface area contributed by atoms with Crippen LogP contribution in [0.4, 0.5) is 0 Å². The van der Waals surface area contributed by atoms with Crippen LogP contribution in [0.1, 0.15) is 20.7 Å². The van der Waals surface area contributed by atoms with Crippen molar-refractivity contribution in [2.24, 2.45) is 0 Å². The minimum Gasteiger partial charge on any atom is -0.478 e. The van der Waals surface area contributed by atoms with Crippen LogP contribution in [0.2, 0.25) is 10.0 Å². The molecule has 2 N–H and O–H groups in total. The molecule has 14 heavy (non-hydrogen) atoms. The third-order valence-electron chi connectivity index (χ3n) is 1.54. The fourth-order valence-corrected chi connectivity index (χ4v) is 1.46. The van der Waals surface area contributed by atoms with E-state index < -0.39 is 17.4 Å². The van der Waals surface area contributed by atoms with E-state index in [2.05, 4.69) is 0 Å². The summed E-state index contributed by atoms with van der Waals surface area (Å²) in [7, 11) is 0. The number of rotatable bonds is 2. The third kappa shape index (κ3) is 1.81. The molecule has 1 aromatic rings. The van der Waals surface area contributed by atoms with Crippen LogP contribution < -0.4 is 5.73 Å². The van der Waals surface area contributed by atoms with Crippen LogP contribution in [0.3, 0.4) is 0 Å². The highest BCUT2D eigenvalue weighted by Gasteiger charge is 2.21. The van der Waals surface area contributed by atoms with Crippen molar-refractivity contribution in [1.29, 1.82) is 0 Å². The lowest BCUT2D eigenvalue weighted by molar-refractivity contribution is 0.0692. The Balaban J connectivity index is 3.58. The molecule has 0 unspecified atom stereocenters. The monoisotopic (exact) mass is 232 g/mol. The van der Waals surface area contributed by atoms with E-state index in [-0.39, 0.29) is 15.6 Å². The summed E-state index contributed by atoms with van der Waals surface area (Å²) < 4.78 is 0. The summed E-state index contributed by atoms with van der Waals surface area (Å²) in [6, 6.07) is 2.54. The molecule has 0 atom stereocenters. The largest absolute Gasteiger partial charge is 0.478 e. The van der Waals surface area contributed by atoms with Crippen LogP contribution in [-0.2, 0) is 0 Å². The first-order valence-corrected chi connectivity index (χ1v) is 4.18. The van der Waals surface area contributed by atoms with Crippen molar-refractivity contribution in [3.8, 4) is 0 Å². The highest BCUT2D eigenvalue weighted by molar-refractivity contribution is 6.38. The third-order valence-corrected chi connectivity index (χ3v) is 2.17. The van der Waals surface area contributed by atoms with E-state index in [9.17, 15) is 9.59 Å². The first-order valence-electron chi connectivity index (χ1n) is 3.42. The number of hydrogen-bond acceptors (Lipinski definition) is 2. The van der Waals surface area contributed by atoms with E-state index in [0.29, 0.717) is 0 Å². The number of nitrogens with one attached hydrogen (secondary N) is 1. The van der Waals surface area contributed by atoms with E-state index in [1.165, 1.54) is 12.1 Å². The highest BCUT2D eigenvalue weighted by atomic mass is 35.5. The maximum atomic E-state index is 10.8. The lowest BCUT2D eigenvalue weighted by atomic mass is 10.1. The van der Waals surface area contributed by atoms with Gasteiger partial charge in [-0.1, -0.05) is 23.2 Å². The van der Waals surface area contributed by atoms with E-state index in [4.69, 9.17) is 34.0 Å². The number of carbonyl (C=O) groups is 2. The predicted molar refractivity (Wildman–Crippen MR) is 50.8 cm³/mol. The van der Waals surface area contributed by atoms with Gasteiger partial charge in [-0.25, -0.2) is 4.79 Å². The fourth-order valence-electron chi connectivity index (χ4n) is 0.983. The predicted octanol–water partition coefficient (Wildman–Crippen LogP) is 2.11. The number of amides is 1. The van der Waals surface area contributed by atoms with Crippen molar-refractivity contribution in [3.63, 3.8) is 0 Å². The second kappa shape index (κ2) is 3.86. The number of carbonyl (C=O) groups excluding carboxylic acids is 1. The topological polar surface area (TPSA) is 78.2 Å². The molecule has 1 aromatic carbocycles. The average molecular weight is 233 g/mol. The van der Waals surface area contributed by atoms with E-state index in [0.717, 1.165) is 0 Å². The SMILES string of the molecule is [NH]C(=O)c1c(Cl)ccc(Cl)c1C(=O)O.